The number of benzene rings is 2. The molecule has 0 atom stereocenters. The van der Waals surface area contributed by atoms with Crippen LogP contribution < -0.4 is 10.1 Å². The van der Waals surface area contributed by atoms with Gasteiger partial charge in [0.1, 0.15) is 0 Å². The number of nitrogens with zero attached hydrogens (tertiary/aromatic N) is 1. The van der Waals surface area contributed by atoms with Crippen molar-refractivity contribution in [2.24, 2.45) is 0 Å². The van der Waals surface area contributed by atoms with Crippen LogP contribution in [0.5, 0.6) is 11.5 Å². The number of phenolic OH excluding ortho intramolecular Hbond substituents is 1. The summed E-state index contributed by atoms with van der Waals surface area (Å²) in [6, 6.07) is 15.6. The zero-order chi connectivity index (χ0) is 21.6. The lowest BCUT2D eigenvalue weighted by atomic mass is 10.1. The summed E-state index contributed by atoms with van der Waals surface area (Å²) in [5.41, 5.74) is 2.16. The van der Waals surface area contributed by atoms with E-state index in [2.05, 4.69) is 47.5 Å². The molecule has 2 aromatic carbocycles. The molecule has 30 heavy (non-hydrogen) atoms. The van der Waals surface area contributed by atoms with E-state index in [1.807, 2.05) is 0 Å². The zero-order valence-corrected chi connectivity index (χ0v) is 18.1. The largest absolute Gasteiger partial charge is 0.504 e. The molecule has 0 aromatic heterocycles. The molecule has 0 heterocycles. The van der Waals surface area contributed by atoms with Gasteiger partial charge < -0.3 is 15.2 Å². The van der Waals surface area contributed by atoms with Gasteiger partial charge in [0.25, 0.3) is 0 Å². The number of nitrogens with one attached hydrogen (secondary N) is 1. The maximum absolute atomic E-state index is 11.9. The number of carbonyl (C=O) groups is 1. The van der Waals surface area contributed by atoms with E-state index in [0.29, 0.717) is 12.3 Å². The maximum Gasteiger partial charge on any atom is 0.243 e. The molecule has 2 aromatic rings. The summed E-state index contributed by atoms with van der Waals surface area (Å²) < 4.78 is 5.07. The lowest BCUT2D eigenvalue weighted by molar-refractivity contribution is -0.116. The third kappa shape index (κ3) is 8.70. The quantitative estimate of drug-likeness (QED) is 0.374. The van der Waals surface area contributed by atoms with E-state index in [-0.39, 0.29) is 11.7 Å². The minimum atomic E-state index is -0.109. The van der Waals surface area contributed by atoms with Crippen molar-refractivity contribution >= 4 is 12.0 Å². The van der Waals surface area contributed by atoms with Gasteiger partial charge in [0.2, 0.25) is 5.91 Å². The number of rotatable bonds is 13. The second kappa shape index (κ2) is 13.4. The van der Waals surface area contributed by atoms with Crippen LogP contribution in [-0.4, -0.2) is 42.7 Å². The first-order valence-corrected chi connectivity index (χ1v) is 10.7. The molecule has 0 aliphatic carbocycles. The van der Waals surface area contributed by atoms with Crippen LogP contribution in [0.4, 0.5) is 0 Å². The van der Waals surface area contributed by atoms with Gasteiger partial charge in [-0.1, -0.05) is 56.2 Å². The average Bonchev–Trinajstić information content (AvgIpc) is 2.77. The van der Waals surface area contributed by atoms with Gasteiger partial charge in [-0.2, -0.15) is 0 Å². The molecule has 0 aliphatic heterocycles. The molecule has 5 nitrogen and oxygen atoms in total. The van der Waals surface area contributed by atoms with E-state index in [1.165, 1.54) is 31.6 Å². The van der Waals surface area contributed by atoms with Crippen molar-refractivity contribution in [2.45, 2.75) is 39.2 Å². The predicted molar refractivity (Wildman–Crippen MR) is 123 cm³/mol. The van der Waals surface area contributed by atoms with Crippen molar-refractivity contribution < 1.29 is 14.6 Å². The van der Waals surface area contributed by atoms with E-state index in [4.69, 9.17) is 4.74 Å². The second-order valence-corrected chi connectivity index (χ2v) is 7.32. The molecule has 0 fully saturated rings. The molecule has 0 spiro atoms. The summed E-state index contributed by atoms with van der Waals surface area (Å²) in [5.74, 6) is 0.367. The molecule has 0 bridgehead atoms. The minimum Gasteiger partial charge on any atom is -0.504 e. The van der Waals surface area contributed by atoms with Gasteiger partial charge in [-0.25, -0.2) is 0 Å². The highest BCUT2D eigenvalue weighted by atomic mass is 16.5. The minimum absolute atomic E-state index is 0.0845. The van der Waals surface area contributed by atoms with Gasteiger partial charge in [0.15, 0.2) is 11.5 Å². The molecule has 2 N–H and O–H groups in total. The molecule has 0 radical (unpaired) electrons. The number of phenols is 1. The summed E-state index contributed by atoms with van der Waals surface area (Å²) in [4.78, 5) is 14.4. The zero-order valence-electron chi connectivity index (χ0n) is 18.1. The highest BCUT2D eigenvalue weighted by Crippen LogP contribution is 2.26. The van der Waals surface area contributed by atoms with Gasteiger partial charge in [-0.3, -0.25) is 9.69 Å². The summed E-state index contributed by atoms with van der Waals surface area (Å²) >= 11 is 0. The molecular weight excluding hydrogens is 376 g/mol. The summed E-state index contributed by atoms with van der Waals surface area (Å²) in [6.07, 6.45) is 7.67. The Bertz CT molecular complexity index is 790. The predicted octanol–water partition coefficient (Wildman–Crippen LogP) is 4.61. The number of unbranched alkanes of at least 4 members (excludes halogenated alkanes) is 3. The monoisotopic (exact) mass is 410 g/mol. The highest BCUT2D eigenvalue weighted by molar-refractivity contribution is 5.91. The summed E-state index contributed by atoms with van der Waals surface area (Å²) in [6.45, 7) is 6.07. The van der Waals surface area contributed by atoms with Crippen molar-refractivity contribution in [3.63, 3.8) is 0 Å². The van der Waals surface area contributed by atoms with Crippen LogP contribution in [0.15, 0.2) is 54.6 Å². The van der Waals surface area contributed by atoms with Crippen LogP contribution in [-0.2, 0) is 11.3 Å². The molecule has 1 amide bonds. The number of amides is 1. The summed E-state index contributed by atoms with van der Waals surface area (Å²) in [7, 11) is 1.50. The van der Waals surface area contributed by atoms with Gasteiger partial charge >= 0.3 is 0 Å². The lowest BCUT2D eigenvalue weighted by Gasteiger charge is -2.20. The van der Waals surface area contributed by atoms with Gasteiger partial charge in [-0.05, 0) is 55.3 Å². The van der Waals surface area contributed by atoms with Crippen molar-refractivity contribution in [3.05, 3.63) is 65.7 Å². The lowest BCUT2D eigenvalue weighted by Crippen LogP contribution is -2.24. The molecule has 162 valence electrons. The van der Waals surface area contributed by atoms with Crippen LogP contribution >= 0.6 is 0 Å². The van der Waals surface area contributed by atoms with Crippen LogP contribution in [0.25, 0.3) is 6.08 Å². The Balaban J connectivity index is 1.57. The van der Waals surface area contributed by atoms with Crippen LogP contribution in [0.1, 0.15) is 43.7 Å². The van der Waals surface area contributed by atoms with E-state index in [0.717, 1.165) is 38.0 Å². The Labute approximate surface area is 180 Å². The third-order valence-electron chi connectivity index (χ3n) is 5.03. The second-order valence-electron chi connectivity index (χ2n) is 7.32. The van der Waals surface area contributed by atoms with Gasteiger partial charge in [-0.15, -0.1) is 0 Å². The Kier molecular flexibility index (Phi) is 10.5. The van der Waals surface area contributed by atoms with Crippen molar-refractivity contribution in [3.8, 4) is 11.5 Å². The Hall–Kier alpha value is -2.79. The van der Waals surface area contributed by atoms with Crippen LogP contribution in [0.3, 0.4) is 0 Å². The van der Waals surface area contributed by atoms with E-state index >= 15 is 0 Å². The fourth-order valence-corrected chi connectivity index (χ4v) is 3.24. The Morgan fingerprint density at radius 2 is 1.87 bits per heavy atom. The number of methoxy groups -OCH3 is 1. The van der Waals surface area contributed by atoms with Crippen molar-refractivity contribution in [1.29, 1.82) is 0 Å². The highest BCUT2D eigenvalue weighted by Gasteiger charge is 2.04. The fourth-order valence-electron chi connectivity index (χ4n) is 3.24. The average molecular weight is 411 g/mol. The molecular formula is C25H34N2O3. The molecule has 0 saturated carbocycles. The van der Waals surface area contributed by atoms with Crippen molar-refractivity contribution in [2.75, 3.05) is 26.7 Å². The topological polar surface area (TPSA) is 61.8 Å². The van der Waals surface area contributed by atoms with E-state index in [9.17, 15) is 9.90 Å². The molecule has 5 heteroatoms. The number of hydrogen-bond donors (Lipinski definition) is 2. The third-order valence-corrected chi connectivity index (χ3v) is 5.03. The van der Waals surface area contributed by atoms with Gasteiger partial charge in [0, 0.05) is 19.2 Å². The van der Waals surface area contributed by atoms with E-state index < -0.39 is 0 Å². The molecule has 2 rings (SSSR count). The summed E-state index contributed by atoms with van der Waals surface area (Å²) in [5, 5.41) is 12.5. The van der Waals surface area contributed by atoms with Crippen LogP contribution in [0, 0.1) is 0 Å². The first kappa shape index (κ1) is 23.5. The molecule has 0 unspecified atom stereocenters. The SMILES string of the molecule is CCN(CCCCCCNC(=O)/C=C/c1ccc(O)c(OC)c1)Cc1ccccc1. The normalized spacial score (nSPS) is 11.2. The Morgan fingerprint density at radius 1 is 1.10 bits per heavy atom. The standard InChI is InChI=1S/C25H34N2O3/c1-3-27(20-22-11-7-6-8-12-22)18-10-5-4-9-17-26-25(29)16-14-21-13-15-23(28)24(19-21)30-2/h6-8,11-16,19,28H,3-5,9-10,17-18,20H2,1-2H3,(H,26,29)/b16-14+. The molecule has 0 saturated heterocycles. The number of hydrogen-bond acceptors (Lipinski definition) is 4. The fraction of sp³-hybridized carbons (Fsp3) is 0.400. The first-order chi connectivity index (χ1) is 14.6. The van der Waals surface area contributed by atoms with E-state index in [1.54, 1.807) is 24.3 Å². The molecule has 0 aliphatic rings. The number of carbonyl (C=O) groups excluding carboxylic acids is 1. The maximum atomic E-state index is 11.9. The van der Waals surface area contributed by atoms with Crippen LogP contribution in [0.2, 0.25) is 0 Å². The van der Waals surface area contributed by atoms with Gasteiger partial charge in [0.05, 0.1) is 7.11 Å². The van der Waals surface area contributed by atoms with Crippen molar-refractivity contribution in [1.82, 2.24) is 10.2 Å². The number of ether oxygens (including phenoxy) is 1. The smallest absolute Gasteiger partial charge is 0.243 e. The number of aromatic hydroxyl groups is 1. The first-order valence-electron chi connectivity index (χ1n) is 10.7. The Morgan fingerprint density at radius 3 is 2.60 bits per heavy atom.